The van der Waals surface area contributed by atoms with Crippen LogP contribution in [0.15, 0.2) is 30.9 Å². The third-order valence-electron chi connectivity index (χ3n) is 2.16. The van der Waals surface area contributed by atoms with E-state index in [1.54, 1.807) is 0 Å². The highest BCUT2D eigenvalue weighted by molar-refractivity contribution is 5.28. The Morgan fingerprint density at radius 3 is 2.69 bits per heavy atom. The minimum Gasteiger partial charge on any atom is -0.103 e. The van der Waals surface area contributed by atoms with Crippen LogP contribution in [0.25, 0.3) is 12.7 Å². The van der Waals surface area contributed by atoms with Crippen LogP contribution < -0.4 is 10.4 Å². The van der Waals surface area contributed by atoms with Crippen molar-refractivity contribution in [3.8, 4) is 0 Å². The van der Waals surface area contributed by atoms with Crippen LogP contribution in [0.5, 0.6) is 0 Å². The van der Waals surface area contributed by atoms with Crippen molar-refractivity contribution in [2.24, 2.45) is 0 Å². The van der Waals surface area contributed by atoms with Gasteiger partial charge in [0.25, 0.3) is 0 Å². The lowest BCUT2D eigenvalue weighted by atomic mass is 10.1. The van der Waals surface area contributed by atoms with Crippen molar-refractivity contribution in [3.63, 3.8) is 0 Å². The van der Waals surface area contributed by atoms with Crippen LogP contribution in [0.4, 0.5) is 0 Å². The van der Waals surface area contributed by atoms with Crippen LogP contribution in [0.3, 0.4) is 0 Å². The quantitative estimate of drug-likeness (QED) is 0.612. The van der Waals surface area contributed by atoms with Gasteiger partial charge in [0.15, 0.2) is 0 Å². The normalized spacial score (nSPS) is 11.6. The predicted molar refractivity (Wildman–Crippen MR) is 59.9 cm³/mol. The summed E-state index contributed by atoms with van der Waals surface area (Å²) in [6.07, 6.45) is 6.13. The molecule has 0 bridgehead atoms. The molecule has 1 aromatic carbocycles. The molecule has 0 aromatic heterocycles. The fourth-order valence-corrected chi connectivity index (χ4v) is 1.36. The van der Waals surface area contributed by atoms with E-state index in [4.69, 9.17) is 0 Å². The average molecular weight is 172 g/mol. The van der Waals surface area contributed by atoms with Gasteiger partial charge in [0, 0.05) is 0 Å². The van der Waals surface area contributed by atoms with E-state index in [1.807, 2.05) is 13.0 Å². The van der Waals surface area contributed by atoms with Crippen LogP contribution in [-0.2, 0) is 6.42 Å². The highest BCUT2D eigenvalue weighted by atomic mass is 14.0. The Morgan fingerprint density at radius 2 is 2.15 bits per heavy atom. The molecule has 0 heterocycles. The van der Waals surface area contributed by atoms with Gasteiger partial charge in [-0.15, -0.1) is 6.58 Å². The van der Waals surface area contributed by atoms with Gasteiger partial charge in [-0.1, -0.05) is 36.9 Å². The van der Waals surface area contributed by atoms with Crippen LogP contribution in [0.2, 0.25) is 0 Å². The second-order valence-corrected chi connectivity index (χ2v) is 3.15. The standard InChI is InChI=1S/C13H16/c1-4-6-7-12-8-9-13(5-2)11(3)10-12/h4-5,8-10H,1,3,6-7H2,2H3/b13-5-. The Hall–Kier alpha value is -1.30. The molecule has 0 heteroatoms. The third kappa shape index (κ3) is 2.59. The minimum absolute atomic E-state index is 1.04. The molecule has 0 spiro atoms. The number of rotatable bonds is 3. The molecule has 13 heavy (non-hydrogen) atoms. The summed E-state index contributed by atoms with van der Waals surface area (Å²) < 4.78 is 0. The summed E-state index contributed by atoms with van der Waals surface area (Å²) >= 11 is 0. The monoisotopic (exact) mass is 172 g/mol. The van der Waals surface area contributed by atoms with Gasteiger partial charge in [-0.05, 0) is 35.8 Å². The highest BCUT2D eigenvalue weighted by Crippen LogP contribution is 1.97. The molecule has 0 radical (unpaired) electrons. The first-order valence-electron chi connectivity index (χ1n) is 4.63. The molecule has 0 aliphatic heterocycles. The van der Waals surface area contributed by atoms with Crippen LogP contribution in [-0.4, -0.2) is 0 Å². The number of benzene rings is 1. The molecule has 68 valence electrons. The van der Waals surface area contributed by atoms with Gasteiger partial charge in [-0.2, -0.15) is 0 Å². The summed E-state index contributed by atoms with van der Waals surface area (Å²) in [7, 11) is 0. The Bertz CT molecular complexity index is 385. The number of hydrogen-bond donors (Lipinski definition) is 0. The van der Waals surface area contributed by atoms with Crippen LogP contribution >= 0.6 is 0 Å². The molecule has 0 atom stereocenters. The van der Waals surface area contributed by atoms with Crippen molar-refractivity contribution in [2.45, 2.75) is 19.8 Å². The van der Waals surface area contributed by atoms with Gasteiger partial charge in [0.1, 0.15) is 0 Å². The van der Waals surface area contributed by atoms with Gasteiger partial charge in [-0.3, -0.25) is 0 Å². The first kappa shape index (κ1) is 9.79. The Labute approximate surface area is 79.9 Å². The Morgan fingerprint density at radius 1 is 1.38 bits per heavy atom. The molecule has 0 aliphatic rings. The van der Waals surface area contributed by atoms with Crippen molar-refractivity contribution in [2.75, 3.05) is 0 Å². The Balaban J connectivity index is 2.97. The van der Waals surface area contributed by atoms with E-state index in [1.165, 1.54) is 10.8 Å². The molecular formula is C13H16. The average Bonchev–Trinajstić information content (AvgIpc) is 2.15. The lowest BCUT2D eigenvalue weighted by molar-refractivity contribution is 1.00. The summed E-state index contributed by atoms with van der Waals surface area (Å²) in [4.78, 5) is 0. The largest absolute Gasteiger partial charge is 0.103 e. The van der Waals surface area contributed by atoms with Crippen molar-refractivity contribution in [3.05, 3.63) is 46.9 Å². The fourth-order valence-electron chi connectivity index (χ4n) is 1.36. The minimum atomic E-state index is 1.04. The molecular weight excluding hydrogens is 156 g/mol. The van der Waals surface area contributed by atoms with Gasteiger partial charge in [-0.25, -0.2) is 0 Å². The second-order valence-electron chi connectivity index (χ2n) is 3.15. The summed E-state index contributed by atoms with van der Waals surface area (Å²) in [5.74, 6) is 0. The lowest BCUT2D eigenvalue weighted by Crippen LogP contribution is -2.22. The summed E-state index contributed by atoms with van der Waals surface area (Å²) in [5.41, 5.74) is 1.34. The van der Waals surface area contributed by atoms with Crippen LogP contribution in [0.1, 0.15) is 18.9 Å². The SMILES string of the molecule is C=CCCc1cc/c(=C/C)c(=C)c1. The first-order chi connectivity index (χ1) is 6.27. The smallest absolute Gasteiger partial charge is 0.0233 e. The van der Waals surface area contributed by atoms with E-state index < -0.39 is 0 Å². The molecule has 0 fully saturated rings. The molecule has 0 aliphatic carbocycles. The van der Waals surface area contributed by atoms with E-state index in [0.29, 0.717) is 0 Å². The topological polar surface area (TPSA) is 0 Å². The van der Waals surface area contributed by atoms with E-state index in [2.05, 4.69) is 37.4 Å². The maximum Gasteiger partial charge on any atom is -0.0233 e. The Kier molecular flexibility index (Phi) is 3.51. The zero-order valence-electron chi connectivity index (χ0n) is 8.22. The number of hydrogen-bond acceptors (Lipinski definition) is 0. The van der Waals surface area contributed by atoms with Crippen molar-refractivity contribution >= 4 is 12.7 Å². The molecule has 0 saturated carbocycles. The maximum absolute atomic E-state index is 4.00. The highest BCUT2D eigenvalue weighted by Gasteiger charge is 1.90. The predicted octanol–water partition coefficient (Wildman–Crippen LogP) is 2.02. The van der Waals surface area contributed by atoms with E-state index in [0.717, 1.165) is 18.1 Å². The van der Waals surface area contributed by atoms with E-state index in [-0.39, 0.29) is 0 Å². The lowest BCUT2D eigenvalue weighted by Gasteiger charge is -1.97. The number of allylic oxidation sites excluding steroid dienone is 1. The van der Waals surface area contributed by atoms with E-state index in [9.17, 15) is 0 Å². The number of aryl methyl sites for hydroxylation is 1. The molecule has 0 saturated heterocycles. The molecule has 0 amide bonds. The van der Waals surface area contributed by atoms with E-state index >= 15 is 0 Å². The van der Waals surface area contributed by atoms with Gasteiger partial charge in [0.05, 0.1) is 0 Å². The van der Waals surface area contributed by atoms with Crippen molar-refractivity contribution in [1.82, 2.24) is 0 Å². The summed E-state index contributed by atoms with van der Waals surface area (Å²) in [6, 6.07) is 6.44. The van der Waals surface area contributed by atoms with Gasteiger partial charge >= 0.3 is 0 Å². The summed E-state index contributed by atoms with van der Waals surface area (Å²) in [6.45, 7) is 9.75. The molecule has 0 N–H and O–H groups in total. The third-order valence-corrected chi connectivity index (χ3v) is 2.16. The van der Waals surface area contributed by atoms with Crippen LogP contribution in [0, 0.1) is 0 Å². The molecule has 0 nitrogen and oxygen atoms in total. The van der Waals surface area contributed by atoms with Gasteiger partial charge < -0.3 is 0 Å². The van der Waals surface area contributed by atoms with Crippen molar-refractivity contribution in [1.29, 1.82) is 0 Å². The fraction of sp³-hybridized carbons (Fsp3) is 0.231. The molecule has 1 rings (SSSR count). The zero-order valence-corrected chi connectivity index (χ0v) is 8.22. The molecule has 0 unspecified atom stereocenters. The van der Waals surface area contributed by atoms with Gasteiger partial charge in [0.2, 0.25) is 0 Å². The van der Waals surface area contributed by atoms with Crippen molar-refractivity contribution < 1.29 is 0 Å². The first-order valence-corrected chi connectivity index (χ1v) is 4.63. The zero-order chi connectivity index (χ0) is 9.68. The second kappa shape index (κ2) is 4.66. The maximum atomic E-state index is 4.00. The molecule has 1 aromatic rings. The summed E-state index contributed by atoms with van der Waals surface area (Å²) in [5, 5.41) is 2.34.